The molecule has 2 aliphatic carbocycles. The molecule has 1 aromatic heterocycles. The first kappa shape index (κ1) is 22.5. The maximum Gasteiger partial charge on any atom is 0.337 e. The Morgan fingerprint density at radius 1 is 0.789 bits per heavy atom. The Morgan fingerprint density at radius 3 is 2.32 bits per heavy atom. The monoisotopic (exact) mass is 494 g/mol. The van der Waals surface area contributed by atoms with Gasteiger partial charge in [0.25, 0.3) is 0 Å². The van der Waals surface area contributed by atoms with Gasteiger partial charge in [-0.25, -0.2) is 4.79 Å². The Morgan fingerprint density at radius 2 is 1.53 bits per heavy atom. The van der Waals surface area contributed by atoms with Gasteiger partial charge >= 0.3 is 5.97 Å². The predicted molar refractivity (Wildman–Crippen MR) is 152 cm³/mol. The van der Waals surface area contributed by atoms with Crippen LogP contribution in [0.15, 0.2) is 103 Å². The maximum absolute atomic E-state index is 12.1. The first-order valence-corrected chi connectivity index (χ1v) is 13.1. The van der Waals surface area contributed by atoms with Crippen LogP contribution >= 0.6 is 0 Å². The Balaban J connectivity index is 1.35. The Labute approximate surface area is 221 Å². The number of pyridine rings is 1. The quantitative estimate of drug-likeness (QED) is 0.244. The summed E-state index contributed by atoms with van der Waals surface area (Å²) in [6.45, 7) is 0. The number of aromatic carboxylic acids is 1. The third-order valence-corrected chi connectivity index (χ3v) is 7.68. The molecular formula is C34H26N2O2. The standard InChI is InChI=1S/C34H26N2O2/c37-34(38)31-17-23(21-13-14-21)15-16-32(31)36-25-19-30(33(35-20-25)22-7-2-1-3-8-22)28-12-6-11-27-26-10-5-4-9-24(26)18-29(27)28/h1-12,15-17,19-21,36H,13-14,18H2,(H,37,38). The number of fused-ring (bicyclic) bond motifs is 3. The highest BCUT2D eigenvalue weighted by Crippen LogP contribution is 2.44. The van der Waals surface area contributed by atoms with Crippen molar-refractivity contribution in [3.05, 3.63) is 126 Å². The van der Waals surface area contributed by atoms with E-state index in [-0.39, 0.29) is 0 Å². The van der Waals surface area contributed by atoms with Crippen LogP contribution in [0.2, 0.25) is 0 Å². The minimum atomic E-state index is -0.928. The molecule has 1 fully saturated rings. The van der Waals surface area contributed by atoms with E-state index in [9.17, 15) is 9.90 Å². The summed E-state index contributed by atoms with van der Waals surface area (Å²) in [4.78, 5) is 17.0. The molecule has 0 saturated heterocycles. The molecule has 2 N–H and O–H groups in total. The molecule has 0 atom stereocenters. The molecule has 4 heteroatoms. The summed E-state index contributed by atoms with van der Waals surface area (Å²) < 4.78 is 0. The highest BCUT2D eigenvalue weighted by Gasteiger charge is 2.26. The van der Waals surface area contributed by atoms with E-state index in [4.69, 9.17) is 4.98 Å². The van der Waals surface area contributed by atoms with Gasteiger partial charge in [0.05, 0.1) is 28.8 Å². The number of aromatic nitrogens is 1. The van der Waals surface area contributed by atoms with Crippen molar-refractivity contribution < 1.29 is 9.90 Å². The summed E-state index contributed by atoms with van der Waals surface area (Å²) in [5.74, 6) is -0.437. The molecule has 1 heterocycles. The van der Waals surface area contributed by atoms with E-state index in [1.165, 1.54) is 22.3 Å². The van der Waals surface area contributed by atoms with Crippen LogP contribution < -0.4 is 5.32 Å². The second-order valence-corrected chi connectivity index (χ2v) is 10.2. The van der Waals surface area contributed by atoms with E-state index in [0.717, 1.165) is 52.9 Å². The molecule has 184 valence electrons. The zero-order valence-corrected chi connectivity index (χ0v) is 20.8. The highest BCUT2D eigenvalue weighted by molar-refractivity contribution is 5.96. The molecule has 0 amide bonds. The van der Waals surface area contributed by atoms with Crippen LogP contribution in [0.1, 0.15) is 45.8 Å². The van der Waals surface area contributed by atoms with Gasteiger partial charge in [-0.3, -0.25) is 4.98 Å². The van der Waals surface area contributed by atoms with Gasteiger partial charge in [-0.15, -0.1) is 0 Å². The average molecular weight is 495 g/mol. The van der Waals surface area contributed by atoms with Crippen molar-refractivity contribution in [1.29, 1.82) is 0 Å². The molecule has 1 saturated carbocycles. The Kier molecular flexibility index (Phi) is 5.33. The van der Waals surface area contributed by atoms with E-state index < -0.39 is 5.97 Å². The molecule has 0 spiro atoms. The smallest absolute Gasteiger partial charge is 0.337 e. The summed E-state index contributed by atoms with van der Waals surface area (Å²) >= 11 is 0. The van der Waals surface area contributed by atoms with Crippen LogP contribution in [0, 0.1) is 0 Å². The van der Waals surface area contributed by atoms with Crippen LogP contribution in [0.3, 0.4) is 0 Å². The number of hydrogen-bond acceptors (Lipinski definition) is 3. The summed E-state index contributed by atoms with van der Waals surface area (Å²) in [5.41, 5.74) is 12.0. The average Bonchev–Trinajstić information content (AvgIpc) is 3.73. The Hall–Kier alpha value is -4.70. The van der Waals surface area contributed by atoms with Crippen LogP contribution in [-0.2, 0) is 6.42 Å². The molecule has 0 unspecified atom stereocenters. The largest absolute Gasteiger partial charge is 0.478 e. The van der Waals surface area contributed by atoms with Crippen LogP contribution in [0.25, 0.3) is 33.5 Å². The van der Waals surface area contributed by atoms with Gasteiger partial charge in [0.15, 0.2) is 0 Å². The highest BCUT2D eigenvalue weighted by atomic mass is 16.4. The van der Waals surface area contributed by atoms with Gasteiger partial charge in [0, 0.05) is 11.1 Å². The molecule has 38 heavy (non-hydrogen) atoms. The fourth-order valence-electron chi connectivity index (χ4n) is 5.65. The van der Waals surface area contributed by atoms with Crippen LogP contribution in [-0.4, -0.2) is 16.1 Å². The topological polar surface area (TPSA) is 62.2 Å². The summed E-state index contributed by atoms with van der Waals surface area (Å²) in [5, 5.41) is 13.3. The van der Waals surface area contributed by atoms with E-state index >= 15 is 0 Å². The van der Waals surface area contributed by atoms with Gasteiger partial charge in [-0.05, 0) is 76.8 Å². The van der Waals surface area contributed by atoms with Gasteiger partial charge in [-0.2, -0.15) is 0 Å². The number of nitrogens with one attached hydrogen (secondary N) is 1. The van der Waals surface area contributed by atoms with Crippen molar-refractivity contribution in [3.8, 4) is 33.5 Å². The maximum atomic E-state index is 12.1. The van der Waals surface area contributed by atoms with Gasteiger partial charge in [-0.1, -0.05) is 78.9 Å². The van der Waals surface area contributed by atoms with Crippen LogP contribution in [0.5, 0.6) is 0 Å². The second-order valence-electron chi connectivity index (χ2n) is 10.2. The molecule has 2 aliphatic rings. The molecule has 4 aromatic carbocycles. The van der Waals surface area contributed by atoms with Crippen molar-refractivity contribution in [3.63, 3.8) is 0 Å². The lowest BCUT2D eigenvalue weighted by atomic mass is 9.92. The summed E-state index contributed by atoms with van der Waals surface area (Å²) in [6.07, 6.45) is 4.93. The molecule has 4 nitrogen and oxygen atoms in total. The normalized spacial score (nSPS) is 13.6. The van der Waals surface area contributed by atoms with E-state index in [2.05, 4.69) is 66.0 Å². The second kappa shape index (κ2) is 9.00. The predicted octanol–water partition coefficient (Wildman–Crippen LogP) is 8.31. The first-order chi connectivity index (χ1) is 18.7. The minimum Gasteiger partial charge on any atom is -0.478 e. The van der Waals surface area contributed by atoms with Crippen molar-refractivity contribution in [1.82, 2.24) is 4.98 Å². The number of rotatable bonds is 6. The third kappa shape index (κ3) is 3.95. The number of carboxylic acid groups (broad SMARTS) is 1. The molecule has 0 bridgehead atoms. The van der Waals surface area contributed by atoms with Crippen molar-refractivity contribution in [2.75, 3.05) is 5.32 Å². The van der Waals surface area contributed by atoms with Crippen LogP contribution in [0.4, 0.5) is 11.4 Å². The number of carbonyl (C=O) groups is 1. The zero-order valence-electron chi connectivity index (χ0n) is 20.8. The molecular weight excluding hydrogens is 468 g/mol. The van der Waals surface area contributed by atoms with Crippen molar-refractivity contribution >= 4 is 17.3 Å². The number of hydrogen-bond donors (Lipinski definition) is 2. The minimum absolute atomic E-state index is 0.291. The SMILES string of the molecule is O=C(O)c1cc(C2CC2)ccc1Nc1cnc(-c2ccccc2)c(-c2cccc3c2Cc2ccccc2-3)c1. The lowest BCUT2D eigenvalue weighted by Crippen LogP contribution is -2.04. The molecule has 7 rings (SSSR count). The lowest BCUT2D eigenvalue weighted by Gasteiger charge is -2.17. The summed E-state index contributed by atoms with van der Waals surface area (Å²) in [6, 6.07) is 33.1. The number of benzene rings is 4. The van der Waals surface area contributed by atoms with E-state index in [1.807, 2.05) is 36.4 Å². The fourth-order valence-corrected chi connectivity index (χ4v) is 5.65. The molecule has 0 aliphatic heterocycles. The van der Waals surface area contributed by atoms with Gasteiger partial charge in [0.1, 0.15) is 0 Å². The number of anilines is 2. The van der Waals surface area contributed by atoms with Gasteiger partial charge in [0.2, 0.25) is 0 Å². The molecule has 0 radical (unpaired) electrons. The van der Waals surface area contributed by atoms with Gasteiger partial charge < -0.3 is 10.4 Å². The van der Waals surface area contributed by atoms with Crippen molar-refractivity contribution in [2.24, 2.45) is 0 Å². The molecule has 5 aromatic rings. The summed E-state index contributed by atoms with van der Waals surface area (Å²) in [7, 11) is 0. The zero-order chi connectivity index (χ0) is 25.6. The van der Waals surface area contributed by atoms with E-state index in [1.54, 1.807) is 6.20 Å². The third-order valence-electron chi connectivity index (χ3n) is 7.68. The first-order valence-electron chi connectivity index (χ1n) is 13.1. The number of nitrogens with zero attached hydrogens (tertiary/aromatic N) is 1. The fraction of sp³-hybridized carbons (Fsp3) is 0.118. The van der Waals surface area contributed by atoms with Crippen molar-refractivity contribution in [2.45, 2.75) is 25.2 Å². The number of carboxylic acids is 1. The lowest BCUT2D eigenvalue weighted by molar-refractivity contribution is 0.0698. The van der Waals surface area contributed by atoms with E-state index in [0.29, 0.717) is 17.2 Å². The Bertz CT molecular complexity index is 1700.